The largest absolute Gasteiger partial charge is 0.497 e. The fourth-order valence-electron chi connectivity index (χ4n) is 2.13. The number of nitrogens with zero attached hydrogens (tertiary/aromatic N) is 1. The second kappa shape index (κ2) is 8.51. The number of esters is 1. The van der Waals surface area contributed by atoms with Crippen LogP contribution in [0, 0.1) is 0 Å². The summed E-state index contributed by atoms with van der Waals surface area (Å²) in [5, 5.41) is 0.311. The number of carbonyl (C=O) groups excluding carboxylic acids is 1. The van der Waals surface area contributed by atoms with Gasteiger partial charge in [-0.25, -0.2) is 9.78 Å². The van der Waals surface area contributed by atoms with Crippen LogP contribution in [0.1, 0.15) is 20.9 Å². The van der Waals surface area contributed by atoms with Crippen molar-refractivity contribution in [2.45, 2.75) is 6.42 Å². The third-order valence-corrected chi connectivity index (χ3v) is 4.17. The summed E-state index contributed by atoms with van der Waals surface area (Å²) >= 11 is 1.10. The van der Waals surface area contributed by atoms with Crippen molar-refractivity contribution in [1.29, 1.82) is 0 Å². The Bertz CT molecular complexity index is 702. The molecule has 8 heteroatoms. The maximum absolute atomic E-state index is 12.2. The minimum Gasteiger partial charge on any atom is -0.497 e. The Morgan fingerprint density at radius 3 is 2.67 bits per heavy atom. The molecule has 1 aromatic heterocycles. The number of aromatic nitrogens is 1. The van der Waals surface area contributed by atoms with Crippen LogP contribution < -0.4 is 15.2 Å². The average Bonchev–Trinajstić information content (AvgIpc) is 2.95. The van der Waals surface area contributed by atoms with E-state index in [1.165, 1.54) is 0 Å². The molecule has 2 aromatic rings. The number of hydrogen-bond acceptors (Lipinski definition) is 8. The number of benzene rings is 1. The second-order valence-corrected chi connectivity index (χ2v) is 5.84. The van der Waals surface area contributed by atoms with Crippen molar-refractivity contribution in [1.82, 2.24) is 4.98 Å². The van der Waals surface area contributed by atoms with Crippen LogP contribution >= 0.6 is 11.3 Å². The van der Waals surface area contributed by atoms with Crippen molar-refractivity contribution >= 4 is 22.4 Å². The van der Waals surface area contributed by atoms with E-state index in [1.54, 1.807) is 33.5 Å². The van der Waals surface area contributed by atoms with E-state index in [0.717, 1.165) is 16.9 Å². The van der Waals surface area contributed by atoms with Gasteiger partial charge in [-0.3, -0.25) is 0 Å². The van der Waals surface area contributed by atoms with Gasteiger partial charge in [0.2, 0.25) is 0 Å². The van der Waals surface area contributed by atoms with Crippen LogP contribution in [-0.2, 0) is 15.9 Å². The zero-order chi connectivity index (χ0) is 17.5. The number of anilines is 1. The van der Waals surface area contributed by atoms with Gasteiger partial charge in [0.25, 0.3) is 0 Å². The van der Waals surface area contributed by atoms with Gasteiger partial charge in [0.05, 0.1) is 26.5 Å². The zero-order valence-corrected chi connectivity index (χ0v) is 14.6. The molecule has 2 rings (SSSR count). The highest BCUT2D eigenvalue weighted by Gasteiger charge is 2.20. The van der Waals surface area contributed by atoms with Crippen molar-refractivity contribution < 1.29 is 23.7 Å². The Labute approximate surface area is 144 Å². The minimum absolute atomic E-state index is 0.176. The Morgan fingerprint density at radius 2 is 2.00 bits per heavy atom. The van der Waals surface area contributed by atoms with Gasteiger partial charge in [-0.1, -0.05) is 11.3 Å². The number of rotatable bonds is 8. The van der Waals surface area contributed by atoms with Gasteiger partial charge in [0.1, 0.15) is 23.0 Å². The van der Waals surface area contributed by atoms with E-state index in [9.17, 15) is 4.79 Å². The number of methoxy groups -OCH3 is 3. The summed E-state index contributed by atoms with van der Waals surface area (Å²) in [6, 6.07) is 5.45. The summed E-state index contributed by atoms with van der Waals surface area (Å²) < 4.78 is 20.6. The third-order valence-electron chi connectivity index (χ3n) is 3.27. The molecule has 0 radical (unpaired) electrons. The summed E-state index contributed by atoms with van der Waals surface area (Å²) in [5.41, 5.74) is 7.16. The SMILES string of the molecule is COCCOC(=O)c1sc(N)nc1Cc1cc(OC)ccc1OC. The highest BCUT2D eigenvalue weighted by Crippen LogP contribution is 2.29. The molecule has 0 amide bonds. The number of hydrogen-bond donors (Lipinski definition) is 1. The lowest BCUT2D eigenvalue weighted by Gasteiger charge is -2.10. The van der Waals surface area contributed by atoms with E-state index >= 15 is 0 Å². The van der Waals surface area contributed by atoms with E-state index < -0.39 is 5.97 Å². The molecule has 0 fully saturated rings. The number of nitrogen functional groups attached to an aromatic ring is 1. The molecular formula is C16H20N2O5S. The fourth-order valence-corrected chi connectivity index (χ4v) is 2.88. The maximum atomic E-state index is 12.2. The molecule has 0 bridgehead atoms. The lowest BCUT2D eigenvalue weighted by atomic mass is 10.1. The zero-order valence-electron chi connectivity index (χ0n) is 13.8. The van der Waals surface area contributed by atoms with Crippen LogP contribution in [0.4, 0.5) is 5.13 Å². The van der Waals surface area contributed by atoms with Crippen LogP contribution in [0.5, 0.6) is 11.5 Å². The fraction of sp³-hybridized carbons (Fsp3) is 0.375. The van der Waals surface area contributed by atoms with Crippen molar-refractivity contribution in [3.8, 4) is 11.5 Å². The first kappa shape index (κ1) is 18.0. The highest BCUT2D eigenvalue weighted by atomic mass is 32.1. The molecule has 7 nitrogen and oxygen atoms in total. The van der Waals surface area contributed by atoms with E-state index in [0.29, 0.717) is 40.2 Å². The molecule has 2 N–H and O–H groups in total. The van der Waals surface area contributed by atoms with E-state index in [2.05, 4.69) is 4.98 Å². The molecule has 0 spiro atoms. The van der Waals surface area contributed by atoms with E-state index in [-0.39, 0.29) is 6.61 Å². The Balaban J connectivity index is 2.25. The summed E-state index contributed by atoms with van der Waals surface area (Å²) in [6.45, 7) is 0.508. The number of ether oxygens (including phenoxy) is 4. The molecule has 0 aliphatic heterocycles. The van der Waals surface area contributed by atoms with Crippen molar-refractivity contribution in [3.63, 3.8) is 0 Å². The molecule has 24 heavy (non-hydrogen) atoms. The smallest absolute Gasteiger partial charge is 0.350 e. The van der Waals surface area contributed by atoms with Gasteiger partial charge < -0.3 is 24.7 Å². The normalized spacial score (nSPS) is 10.5. The summed E-state index contributed by atoms with van der Waals surface area (Å²) in [6.07, 6.45) is 0.378. The predicted octanol–water partition coefficient (Wildman–Crippen LogP) is 2.14. The Morgan fingerprint density at radius 1 is 1.21 bits per heavy atom. The van der Waals surface area contributed by atoms with Crippen LogP contribution in [-0.4, -0.2) is 45.5 Å². The van der Waals surface area contributed by atoms with Crippen LogP contribution in [0.25, 0.3) is 0 Å². The molecule has 1 aromatic carbocycles. The topological polar surface area (TPSA) is 92.9 Å². The van der Waals surface area contributed by atoms with Gasteiger partial charge in [-0.15, -0.1) is 0 Å². The van der Waals surface area contributed by atoms with Gasteiger partial charge in [0, 0.05) is 19.1 Å². The minimum atomic E-state index is -0.460. The average molecular weight is 352 g/mol. The third kappa shape index (κ3) is 4.36. The van der Waals surface area contributed by atoms with E-state index in [4.69, 9.17) is 24.7 Å². The maximum Gasteiger partial charge on any atom is 0.350 e. The molecule has 1 heterocycles. The number of thiazole rings is 1. The van der Waals surface area contributed by atoms with Gasteiger partial charge >= 0.3 is 5.97 Å². The van der Waals surface area contributed by atoms with E-state index in [1.807, 2.05) is 6.07 Å². The molecule has 0 saturated carbocycles. The second-order valence-electron chi connectivity index (χ2n) is 4.81. The standard InChI is InChI=1S/C16H20N2O5S/c1-20-6-7-23-15(19)14-12(18-16(17)24-14)9-10-8-11(21-2)4-5-13(10)22-3/h4-5,8H,6-7,9H2,1-3H3,(H2,17,18). The van der Waals surface area contributed by atoms with Crippen molar-refractivity contribution in [3.05, 3.63) is 34.3 Å². The van der Waals surface area contributed by atoms with Gasteiger partial charge in [-0.05, 0) is 18.2 Å². The quantitative estimate of drug-likeness (QED) is 0.574. The Hall–Kier alpha value is -2.32. The first-order chi connectivity index (χ1) is 11.6. The first-order valence-corrected chi connectivity index (χ1v) is 8.02. The Kier molecular flexibility index (Phi) is 6.39. The van der Waals surface area contributed by atoms with Gasteiger partial charge in [0.15, 0.2) is 5.13 Å². The molecular weight excluding hydrogens is 332 g/mol. The first-order valence-electron chi connectivity index (χ1n) is 7.21. The van der Waals surface area contributed by atoms with Crippen LogP contribution in [0.15, 0.2) is 18.2 Å². The highest BCUT2D eigenvalue weighted by molar-refractivity contribution is 7.17. The van der Waals surface area contributed by atoms with Crippen LogP contribution in [0.3, 0.4) is 0 Å². The van der Waals surface area contributed by atoms with Crippen LogP contribution in [0.2, 0.25) is 0 Å². The number of nitrogens with two attached hydrogens (primary N) is 1. The summed E-state index contributed by atoms with van der Waals surface area (Å²) in [5.74, 6) is 0.914. The number of carbonyl (C=O) groups is 1. The molecule has 0 atom stereocenters. The van der Waals surface area contributed by atoms with Crippen molar-refractivity contribution in [2.24, 2.45) is 0 Å². The molecule has 0 aliphatic carbocycles. The lowest BCUT2D eigenvalue weighted by Crippen LogP contribution is -2.11. The van der Waals surface area contributed by atoms with Gasteiger partial charge in [-0.2, -0.15) is 0 Å². The monoisotopic (exact) mass is 352 g/mol. The predicted molar refractivity (Wildman–Crippen MR) is 91.0 cm³/mol. The molecule has 0 unspecified atom stereocenters. The molecule has 130 valence electrons. The summed E-state index contributed by atoms with van der Waals surface area (Å²) in [7, 11) is 4.71. The molecule has 0 aliphatic rings. The lowest BCUT2D eigenvalue weighted by molar-refractivity contribution is 0.0392. The summed E-state index contributed by atoms with van der Waals surface area (Å²) in [4.78, 5) is 16.8. The van der Waals surface area contributed by atoms with Crippen molar-refractivity contribution in [2.75, 3.05) is 40.3 Å². The molecule has 0 saturated heterocycles.